The first kappa shape index (κ1) is 13.4. The predicted octanol–water partition coefficient (Wildman–Crippen LogP) is 3.19. The Morgan fingerprint density at radius 3 is 3.00 bits per heavy atom. The van der Waals surface area contributed by atoms with Gasteiger partial charge in [0.1, 0.15) is 5.02 Å². The fourth-order valence-electron chi connectivity index (χ4n) is 2.44. The Hall–Kier alpha value is -1.03. The van der Waals surface area contributed by atoms with Gasteiger partial charge in [-0.2, -0.15) is 4.98 Å². The molecule has 1 aliphatic heterocycles. The average molecular weight is 269 g/mol. The lowest BCUT2D eigenvalue weighted by molar-refractivity contribution is 0.361. The van der Waals surface area contributed by atoms with Crippen LogP contribution in [0.1, 0.15) is 33.6 Å². The van der Waals surface area contributed by atoms with Gasteiger partial charge in [0, 0.05) is 19.1 Å². The molecule has 2 unspecified atom stereocenters. The number of halogens is 1. The van der Waals surface area contributed by atoms with Gasteiger partial charge in [-0.25, -0.2) is 4.98 Å². The Balaban J connectivity index is 2.27. The summed E-state index contributed by atoms with van der Waals surface area (Å²) < 4.78 is 0. The molecule has 2 rings (SSSR count). The van der Waals surface area contributed by atoms with Crippen LogP contribution in [0, 0.1) is 5.92 Å². The highest BCUT2D eigenvalue weighted by atomic mass is 35.5. The molecule has 1 saturated heterocycles. The number of anilines is 2. The second-order valence-corrected chi connectivity index (χ2v) is 5.36. The van der Waals surface area contributed by atoms with E-state index in [2.05, 4.69) is 34.0 Å². The molecule has 1 fully saturated rings. The molecule has 2 heterocycles. The van der Waals surface area contributed by atoms with Gasteiger partial charge in [0.15, 0.2) is 5.82 Å². The van der Waals surface area contributed by atoms with Gasteiger partial charge in [-0.3, -0.25) is 0 Å². The van der Waals surface area contributed by atoms with E-state index in [1.807, 2.05) is 6.92 Å². The first-order valence-electron chi connectivity index (χ1n) is 6.66. The minimum atomic E-state index is 0.473. The van der Waals surface area contributed by atoms with Gasteiger partial charge in [-0.15, -0.1) is 0 Å². The van der Waals surface area contributed by atoms with E-state index >= 15 is 0 Å². The Morgan fingerprint density at radius 2 is 2.28 bits per heavy atom. The molecule has 0 aromatic carbocycles. The van der Waals surface area contributed by atoms with Crippen molar-refractivity contribution in [1.29, 1.82) is 0 Å². The molecule has 0 amide bonds. The molecular formula is C13H21ClN4. The van der Waals surface area contributed by atoms with E-state index in [-0.39, 0.29) is 0 Å². The van der Waals surface area contributed by atoms with Crippen molar-refractivity contribution in [3.8, 4) is 0 Å². The van der Waals surface area contributed by atoms with Crippen molar-refractivity contribution in [3.63, 3.8) is 0 Å². The number of hydrogen-bond acceptors (Lipinski definition) is 4. The molecule has 100 valence electrons. The van der Waals surface area contributed by atoms with Crippen molar-refractivity contribution < 1.29 is 0 Å². The Morgan fingerprint density at radius 1 is 1.50 bits per heavy atom. The monoisotopic (exact) mass is 268 g/mol. The molecule has 2 atom stereocenters. The van der Waals surface area contributed by atoms with E-state index in [9.17, 15) is 0 Å². The van der Waals surface area contributed by atoms with Crippen molar-refractivity contribution >= 4 is 23.4 Å². The molecule has 4 nitrogen and oxygen atoms in total. The second-order valence-electron chi connectivity index (χ2n) is 4.95. The highest BCUT2D eigenvalue weighted by molar-refractivity contribution is 6.32. The summed E-state index contributed by atoms with van der Waals surface area (Å²) in [6.45, 7) is 8.40. The summed E-state index contributed by atoms with van der Waals surface area (Å²) in [4.78, 5) is 11.0. The van der Waals surface area contributed by atoms with Gasteiger partial charge in [-0.1, -0.05) is 18.5 Å². The van der Waals surface area contributed by atoms with Gasteiger partial charge < -0.3 is 10.2 Å². The fraction of sp³-hybridized carbons (Fsp3) is 0.692. The smallest absolute Gasteiger partial charge is 0.224 e. The van der Waals surface area contributed by atoms with Crippen LogP contribution in [0.25, 0.3) is 0 Å². The summed E-state index contributed by atoms with van der Waals surface area (Å²) in [5.41, 5.74) is 0. The maximum Gasteiger partial charge on any atom is 0.224 e. The lowest BCUT2D eigenvalue weighted by Crippen LogP contribution is -2.43. The third-order valence-electron chi connectivity index (χ3n) is 3.71. The SMILES string of the molecule is CCNc1ncc(Cl)c(N2CCCC(C)C2C)n1. The zero-order chi connectivity index (χ0) is 13.1. The summed E-state index contributed by atoms with van der Waals surface area (Å²) in [5.74, 6) is 2.19. The van der Waals surface area contributed by atoms with Gasteiger partial charge >= 0.3 is 0 Å². The molecular weight excluding hydrogens is 248 g/mol. The van der Waals surface area contributed by atoms with Crippen molar-refractivity contribution in [2.24, 2.45) is 5.92 Å². The quantitative estimate of drug-likeness (QED) is 0.914. The highest BCUT2D eigenvalue weighted by Crippen LogP contribution is 2.31. The Labute approximate surface area is 114 Å². The summed E-state index contributed by atoms with van der Waals surface area (Å²) in [7, 11) is 0. The van der Waals surface area contributed by atoms with Crippen molar-refractivity contribution in [3.05, 3.63) is 11.2 Å². The van der Waals surface area contributed by atoms with E-state index in [0.717, 1.165) is 18.9 Å². The number of nitrogens with zero attached hydrogens (tertiary/aromatic N) is 3. The molecule has 0 spiro atoms. The lowest BCUT2D eigenvalue weighted by Gasteiger charge is -2.39. The highest BCUT2D eigenvalue weighted by Gasteiger charge is 2.27. The van der Waals surface area contributed by atoms with Crippen molar-refractivity contribution in [2.45, 2.75) is 39.7 Å². The molecule has 0 aliphatic carbocycles. The number of hydrogen-bond donors (Lipinski definition) is 1. The van der Waals surface area contributed by atoms with Crippen LogP contribution < -0.4 is 10.2 Å². The van der Waals surface area contributed by atoms with Crippen LogP contribution in [0.3, 0.4) is 0 Å². The van der Waals surface area contributed by atoms with E-state index < -0.39 is 0 Å². The van der Waals surface area contributed by atoms with E-state index in [0.29, 0.717) is 22.9 Å². The molecule has 0 saturated carbocycles. The fourth-order valence-corrected chi connectivity index (χ4v) is 2.64. The van der Waals surface area contributed by atoms with Crippen molar-refractivity contribution in [2.75, 3.05) is 23.3 Å². The van der Waals surface area contributed by atoms with Gasteiger partial charge in [-0.05, 0) is 32.6 Å². The lowest BCUT2D eigenvalue weighted by atomic mass is 9.92. The largest absolute Gasteiger partial charge is 0.354 e. The molecule has 0 radical (unpaired) electrons. The third kappa shape index (κ3) is 2.69. The molecule has 1 aliphatic rings. The normalized spacial score (nSPS) is 24.1. The van der Waals surface area contributed by atoms with Crippen LogP contribution in [0.4, 0.5) is 11.8 Å². The molecule has 5 heteroatoms. The van der Waals surface area contributed by atoms with Gasteiger partial charge in [0.25, 0.3) is 0 Å². The summed E-state index contributed by atoms with van der Waals surface area (Å²) in [6.07, 6.45) is 4.16. The van der Waals surface area contributed by atoms with Crippen LogP contribution in [0.5, 0.6) is 0 Å². The van der Waals surface area contributed by atoms with E-state index in [4.69, 9.17) is 11.6 Å². The molecule has 1 aromatic rings. The standard InChI is InChI=1S/C13H21ClN4/c1-4-15-13-16-8-11(14)12(17-13)18-7-5-6-9(2)10(18)3/h8-10H,4-7H2,1-3H3,(H,15,16,17). The minimum absolute atomic E-state index is 0.473. The van der Waals surface area contributed by atoms with E-state index in [1.54, 1.807) is 6.20 Å². The number of nitrogens with one attached hydrogen (secondary N) is 1. The van der Waals surface area contributed by atoms with Crippen LogP contribution in [-0.2, 0) is 0 Å². The molecule has 1 N–H and O–H groups in total. The third-order valence-corrected chi connectivity index (χ3v) is 3.97. The van der Waals surface area contributed by atoms with Gasteiger partial charge in [0.05, 0.1) is 6.20 Å². The summed E-state index contributed by atoms with van der Waals surface area (Å²) >= 11 is 6.25. The summed E-state index contributed by atoms with van der Waals surface area (Å²) in [6, 6.07) is 0.473. The summed E-state index contributed by atoms with van der Waals surface area (Å²) in [5, 5.41) is 3.77. The maximum atomic E-state index is 6.25. The Bertz CT molecular complexity index is 410. The molecule has 18 heavy (non-hydrogen) atoms. The first-order valence-corrected chi connectivity index (χ1v) is 7.04. The van der Waals surface area contributed by atoms with Crippen LogP contribution in [0.2, 0.25) is 5.02 Å². The zero-order valence-electron chi connectivity index (χ0n) is 11.3. The average Bonchev–Trinajstić information content (AvgIpc) is 2.36. The van der Waals surface area contributed by atoms with Crippen LogP contribution in [0.15, 0.2) is 6.20 Å². The number of piperidine rings is 1. The number of aromatic nitrogens is 2. The molecule has 0 bridgehead atoms. The van der Waals surface area contributed by atoms with Crippen LogP contribution in [-0.4, -0.2) is 29.1 Å². The van der Waals surface area contributed by atoms with Crippen LogP contribution >= 0.6 is 11.6 Å². The topological polar surface area (TPSA) is 41.1 Å². The predicted molar refractivity (Wildman–Crippen MR) is 76.4 cm³/mol. The first-order chi connectivity index (χ1) is 8.63. The second kappa shape index (κ2) is 5.74. The number of rotatable bonds is 3. The molecule has 1 aromatic heterocycles. The zero-order valence-corrected chi connectivity index (χ0v) is 12.0. The maximum absolute atomic E-state index is 6.25. The van der Waals surface area contributed by atoms with E-state index in [1.165, 1.54) is 12.8 Å². The van der Waals surface area contributed by atoms with Gasteiger partial charge in [0.2, 0.25) is 5.95 Å². The van der Waals surface area contributed by atoms with Crippen molar-refractivity contribution in [1.82, 2.24) is 9.97 Å². The minimum Gasteiger partial charge on any atom is -0.354 e. The Kier molecular flexibility index (Phi) is 4.27.